The SMILES string of the molecule is CC(C)(C)NCc1ccc(C(F)(F)F)nc1. The highest BCUT2D eigenvalue weighted by Crippen LogP contribution is 2.27. The Morgan fingerprint density at radius 2 is 1.81 bits per heavy atom. The van der Waals surface area contributed by atoms with Crippen LogP contribution in [0.25, 0.3) is 0 Å². The van der Waals surface area contributed by atoms with Gasteiger partial charge in [-0.1, -0.05) is 6.07 Å². The van der Waals surface area contributed by atoms with Crippen LogP contribution < -0.4 is 5.32 Å². The lowest BCUT2D eigenvalue weighted by molar-refractivity contribution is -0.141. The second kappa shape index (κ2) is 4.41. The molecule has 1 heterocycles. The van der Waals surface area contributed by atoms with Crippen molar-refractivity contribution in [1.82, 2.24) is 10.3 Å². The zero-order valence-corrected chi connectivity index (χ0v) is 9.52. The van der Waals surface area contributed by atoms with Crippen molar-refractivity contribution in [3.8, 4) is 0 Å². The normalized spacial score (nSPS) is 12.9. The van der Waals surface area contributed by atoms with Crippen molar-refractivity contribution in [2.45, 2.75) is 39.0 Å². The lowest BCUT2D eigenvalue weighted by Crippen LogP contribution is -2.35. The van der Waals surface area contributed by atoms with E-state index >= 15 is 0 Å². The van der Waals surface area contributed by atoms with Gasteiger partial charge in [-0.3, -0.25) is 4.98 Å². The molecule has 1 N–H and O–H groups in total. The maximum absolute atomic E-state index is 12.2. The smallest absolute Gasteiger partial charge is 0.308 e. The molecule has 0 radical (unpaired) electrons. The van der Waals surface area contributed by atoms with Crippen LogP contribution in [0.2, 0.25) is 0 Å². The van der Waals surface area contributed by atoms with Crippen molar-refractivity contribution >= 4 is 0 Å². The second-order valence-electron chi connectivity index (χ2n) is 4.65. The van der Waals surface area contributed by atoms with Crippen LogP contribution in [-0.4, -0.2) is 10.5 Å². The molecule has 90 valence electrons. The van der Waals surface area contributed by atoms with E-state index in [0.29, 0.717) is 6.54 Å². The molecule has 0 aliphatic carbocycles. The molecule has 5 heteroatoms. The Hall–Kier alpha value is -1.10. The molecular formula is C11H15F3N2. The lowest BCUT2D eigenvalue weighted by Gasteiger charge is -2.20. The van der Waals surface area contributed by atoms with Crippen LogP contribution in [0.3, 0.4) is 0 Å². The summed E-state index contributed by atoms with van der Waals surface area (Å²) in [6.45, 7) is 6.48. The Labute approximate surface area is 92.9 Å². The van der Waals surface area contributed by atoms with Gasteiger partial charge in [-0.15, -0.1) is 0 Å². The quantitative estimate of drug-likeness (QED) is 0.847. The fraction of sp³-hybridized carbons (Fsp3) is 0.545. The molecule has 0 bridgehead atoms. The van der Waals surface area contributed by atoms with E-state index in [9.17, 15) is 13.2 Å². The summed E-state index contributed by atoms with van der Waals surface area (Å²) in [4.78, 5) is 3.39. The van der Waals surface area contributed by atoms with Gasteiger partial charge >= 0.3 is 6.18 Å². The monoisotopic (exact) mass is 232 g/mol. The summed E-state index contributed by atoms with van der Waals surface area (Å²) in [7, 11) is 0. The minimum Gasteiger partial charge on any atom is -0.308 e. The van der Waals surface area contributed by atoms with Gasteiger partial charge < -0.3 is 5.32 Å². The van der Waals surface area contributed by atoms with Gasteiger partial charge in [0.25, 0.3) is 0 Å². The van der Waals surface area contributed by atoms with Crippen LogP contribution in [0.5, 0.6) is 0 Å². The summed E-state index contributed by atoms with van der Waals surface area (Å²) in [6, 6.07) is 2.44. The Morgan fingerprint density at radius 1 is 1.19 bits per heavy atom. The van der Waals surface area contributed by atoms with Crippen LogP contribution in [0.1, 0.15) is 32.0 Å². The van der Waals surface area contributed by atoms with Crippen molar-refractivity contribution < 1.29 is 13.2 Å². The summed E-state index contributed by atoms with van der Waals surface area (Å²) in [5.74, 6) is 0. The molecule has 0 saturated carbocycles. The maximum Gasteiger partial charge on any atom is 0.433 e. The van der Waals surface area contributed by atoms with Crippen molar-refractivity contribution in [1.29, 1.82) is 0 Å². The number of pyridine rings is 1. The highest BCUT2D eigenvalue weighted by molar-refractivity contribution is 5.16. The van der Waals surface area contributed by atoms with E-state index in [-0.39, 0.29) is 5.54 Å². The standard InChI is InChI=1S/C11H15F3N2/c1-10(2,3)16-7-8-4-5-9(15-6-8)11(12,13)14/h4-6,16H,7H2,1-3H3. The number of nitrogens with one attached hydrogen (secondary N) is 1. The average molecular weight is 232 g/mol. The Morgan fingerprint density at radius 3 is 2.19 bits per heavy atom. The van der Waals surface area contributed by atoms with E-state index in [1.807, 2.05) is 20.8 Å². The fourth-order valence-corrected chi connectivity index (χ4v) is 1.06. The fourth-order valence-electron chi connectivity index (χ4n) is 1.06. The van der Waals surface area contributed by atoms with Crippen LogP contribution in [0, 0.1) is 0 Å². The van der Waals surface area contributed by atoms with Gasteiger partial charge in [0, 0.05) is 18.3 Å². The minimum atomic E-state index is -4.37. The number of nitrogens with zero attached hydrogens (tertiary/aromatic N) is 1. The van der Waals surface area contributed by atoms with Crippen molar-refractivity contribution in [2.24, 2.45) is 0 Å². The molecule has 16 heavy (non-hydrogen) atoms. The summed E-state index contributed by atoms with van der Waals surface area (Å²) < 4.78 is 36.6. The number of alkyl halides is 3. The first-order chi connectivity index (χ1) is 7.18. The Balaban J connectivity index is 2.66. The molecular weight excluding hydrogens is 217 g/mol. The predicted octanol–water partition coefficient (Wildman–Crippen LogP) is 2.99. The van der Waals surface area contributed by atoms with Crippen LogP contribution >= 0.6 is 0 Å². The second-order valence-corrected chi connectivity index (χ2v) is 4.65. The van der Waals surface area contributed by atoms with Gasteiger partial charge in [-0.2, -0.15) is 13.2 Å². The third-order valence-corrected chi connectivity index (χ3v) is 1.94. The molecule has 1 aromatic heterocycles. The summed E-state index contributed by atoms with van der Waals surface area (Å²) >= 11 is 0. The number of halogens is 3. The molecule has 0 amide bonds. The molecule has 0 unspecified atom stereocenters. The highest BCUT2D eigenvalue weighted by Gasteiger charge is 2.31. The number of aromatic nitrogens is 1. The predicted molar refractivity (Wildman–Crippen MR) is 55.8 cm³/mol. The third kappa shape index (κ3) is 4.18. The summed E-state index contributed by atoms with van der Waals surface area (Å²) in [6.07, 6.45) is -3.11. The first-order valence-corrected chi connectivity index (χ1v) is 4.96. The molecule has 0 atom stereocenters. The van der Waals surface area contributed by atoms with Gasteiger partial charge in [0.05, 0.1) is 0 Å². The molecule has 0 aliphatic rings. The van der Waals surface area contributed by atoms with Crippen LogP contribution in [0.15, 0.2) is 18.3 Å². The molecule has 1 aromatic rings. The van der Waals surface area contributed by atoms with E-state index in [1.54, 1.807) is 0 Å². The minimum absolute atomic E-state index is 0.0668. The molecule has 0 aliphatic heterocycles. The highest BCUT2D eigenvalue weighted by atomic mass is 19.4. The third-order valence-electron chi connectivity index (χ3n) is 1.94. The van der Waals surface area contributed by atoms with E-state index in [2.05, 4.69) is 10.3 Å². The number of hydrogen-bond acceptors (Lipinski definition) is 2. The zero-order chi connectivity index (χ0) is 12.4. The lowest BCUT2D eigenvalue weighted by atomic mass is 10.1. The number of hydrogen-bond donors (Lipinski definition) is 1. The molecule has 2 nitrogen and oxygen atoms in total. The van der Waals surface area contributed by atoms with Gasteiger partial charge in [-0.25, -0.2) is 0 Å². The van der Waals surface area contributed by atoms with Gasteiger partial charge in [0.15, 0.2) is 0 Å². The van der Waals surface area contributed by atoms with Crippen LogP contribution in [-0.2, 0) is 12.7 Å². The van der Waals surface area contributed by atoms with E-state index in [0.717, 1.165) is 11.6 Å². The van der Waals surface area contributed by atoms with E-state index in [4.69, 9.17) is 0 Å². The first-order valence-electron chi connectivity index (χ1n) is 4.96. The first kappa shape index (κ1) is 13.0. The Bertz CT molecular complexity index is 336. The topological polar surface area (TPSA) is 24.9 Å². The number of rotatable bonds is 2. The van der Waals surface area contributed by atoms with Gasteiger partial charge in [0.1, 0.15) is 5.69 Å². The molecule has 0 spiro atoms. The van der Waals surface area contributed by atoms with E-state index in [1.165, 1.54) is 12.3 Å². The average Bonchev–Trinajstić information content (AvgIpc) is 2.13. The van der Waals surface area contributed by atoms with Crippen LogP contribution in [0.4, 0.5) is 13.2 Å². The maximum atomic E-state index is 12.2. The zero-order valence-electron chi connectivity index (χ0n) is 9.52. The van der Waals surface area contributed by atoms with Crippen molar-refractivity contribution in [2.75, 3.05) is 0 Å². The summed E-state index contributed by atoms with van der Waals surface area (Å²) in [5.41, 5.74) is -0.183. The van der Waals surface area contributed by atoms with E-state index < -0.39 is 11.9 Å². The van der Waals surface area contributed by atoms with Gasteiger partial charge in [-0.05, 0) is 32.4 Å². The van der Waals surface area contributed by atoms with Gasteiger partial charge in [0.2, 0.25) is 0 Å². The summed E-state index contributed by atoms with van der Waals surface area (Å²) in [5, 5.41) is 3.18. The molecule has 0 saturated heterocycles. The van der Waals surface area contributed by atoms with Crippen molar-refractivity contribution in [3.63, 3.8) is 0 Å². The molecule has 0 fully saturated rings. The van der Waals surface area contributed by atoms with Crippen molar-refractivity contribution in [3.05, 3.63) is 29.6 Å². The largest absolute Gasteiger partial charge is 0.433 e. The molecule has 0 aromatic carbocycles. The molecule has 1 rings (SSSR count). The Kier molecular flexibility index (Phi) is 3.57.